The summed E-state index contributed by atoms with van der Waals surface area (Å²) >= 11 is 3.00. The van der Waals surface area contributed by atoms with Crippen LogP contribution in [0.25, 0.3) is 0 Å². The molecular formula is C13H15BrF2O2. The van der Waals surface area contributed by atoms with Crippen LogP contribution < -0.4 is 0 Å². The average molecular weight is 321 g/mol. The van der Waals surface area contributed by atoms with Gasteiger partial charge in [0.05, 0.1) is 15.6 Å². The lowest BCUT2D eigenvalue weighted by Crippen LogP contribution is -2.40. The van der Waals surface area contributed by atoms with Gasteiger partial charge in [0.2, 0.25) is 0 Å². The molecule has 0 bridgehead atoms. The third-order valence-electron chi connectivity index (χ3n) is 3.43. The van der Waals surface area contributed by atoms with Crippen molar-refractivity contribution in [1.82, 2.24) is 0 Å². The molecule has 0 spiro atoms. The van der Waals surface area contributed by atoms with Gasteiger partial charge in [0.25, 0.3) is 0 Å². The number of benzene rings is 1. The highest BCUT2D eigenvalue weighted by Gasteiger charge is 2.39. The lowest BCUT2D eigenvalue weighted by Gasteiger charge is -2.38. The Labute approximate surface area is 113 Å². The number of halogens is 3. The van der Waals surface area contributed by atoms with Crippen LogP contribution in [-0.4, -0.2) is 17.3 Å². The monoisotopic (exact) mass is 320 g/mol. The van der Waals surface area contributed by atoms with Crippen molar-refractivity contribution in [2.75, 3.05) is 6.61 Å². The quantitative estimate of drug-likeness (QED) is 0.841. The molecule has 18 heavy (non-hydrogen) atoms. The number of hydrogen-bond donors (Lipinski definition) is 1. The Morgan fingerprint density at radius 3 is 2.72 bits per heavy atom. The van der Waals surface area contributed by atoms with Crippen molar-refractivity contribution in [2.45, 2.75) is 37.9 Å². The molecule has 1 fully saturated rings. The van der Waals surface area contributed by atoms with Crippen molar-refractivity contribution in [3.63, 3.8) is 0 Å². The SMILES string of the molecule is CC1(C(O)c2c(F)ccc(Br)c2F)CCCCO1. The second-order valence-corrected chi connectivity index (χ2v) is 5.63. The zero-order valence-electron chi connectivity index (χ0n) is 10.0. The van der Waals surface area contributed by atoms with Crippen LogP contribution in [0.4, 0.5) is 8.78 Å². The smallest absolute Gasteiger partial charge is 0.146 e. The maximum absolute atomic E-state index is 13.9. The zero-order valence-corrected chi connectivity index (χ0v) is 11.6. The Morgan fingerprint density at radius 1 is 1.39 bits per heavy atom. The van der Waals surface area contributed by atoms with Gasteiger partial charge >= 0.3 is 0 Å². The molecule has 5 heteroatoms. The summed E-state index contributed by atoms with van der Waals surface area (Å²) in [6.07, 6.45) is 1.06. The van der Waals surface area contributed by atoms with Gasteiger partial charge in [-0.2, -0.15) is 0 Å². The largest absolute Gasteiger partial charge is 0.385 e. The molecule has 1 N–H and O–H groups in total. The normalized spacial score (nSPS) is 26.1. The first-order valence-corrected chi connectivity index (χ1v) is 6.70. The van der Waals surface area contributed by atoms with E-state index in [-0.39, 0.29) is 10.0 Å². The summed E-state index contributed by atoms with van der Waals surface area (Å²) in [7, 11) is 0. The summed E-state index contributed by atoms with van der Waals surface area (Å²) in [5, 5.41) is 10.3. The van der Waals surface area contributed by atoms with Crippen LogP contribution in [0.15, 0.2) is 16.6 Å². The van der Waals surface area contributed by atoms with Crippen LogP contribution in [0, 0.1) is 11.6 Å². The molecule has 2 unspecified atom stereocenters. The highest BCUT2D eigenvalue weighted by atomic mass is 79.9. The third-order valence-corrected chi connectivity index (χ3v) is 4.04. The molecule has 0 aromatic heterocycles. The van der Waals surface area contributed by atoms with Crippen LogP contribution in [0.5, 0.6) is 0 Å². The molecule has 0 aliphatic carbocycles. The summed E-state index contributed by atoms with van der Waals surface area (Å²) in [6.45, 7) is 2.20. The first-order chi connectivity index (χ1) is 8.46. The van der Waals surface area contributed by atoms with Crippen LogP contribution in [-0.2, 0) is 4.74 Å². The predicted molar refractivity (Wildman–Crippen MR) is 67.2 cm³/mol. The molecule has 1 aromatic carbocycles. The predicted octanol–water partition coefficient (Wildman–Crippen LogP) is 3.72. The molecule has 1 aromatic rings. The van der Waals surface area contributed by atoms with Gasteiger partial charge in [-0.3, -0.25) is 0 Å². The van der Waals surface area contributed by atoms with Crippen LogP contribution in [0.1, 0.15) is 37.9 Å². The van der Waals surface area contributed by atoms with Gasteiger partial charge in [0, 0.05) is 6.61 Å². The second-order valence-electron chi connectivity index (χ2n) is 4.78. The molecule has 0 amide bonds. The van der Waals surface area contributed by atoms with E-state index in [4.69, 9.17) is 4.74 Å². The molecule has 1 aliphatic rings. The second kappa shape index (κ2) is 5.23. The lowest BCUT2D eigenvalue weighted by atomic mass is 9.86. The highest BCUT2D eigenvalue weighted by Crippen LogP contribution is 2.39. The van der Waals surface area contributed by atoms with Crippen molar-refractivity contribution in [3.8, 4) is 0 Å². The lowest BCUT2D eigenvalue weighted by molar-refractivity contribution is -0.140. The number of rotatable bonds is 2. The molecule has 2 nitrogen and oxygen atoms in total. The molecule has 1 saturated heterocycles. The highest BCUT2D eigenvalue weighted by molar-refractivity contribution is 9.10. The standard InChI is InChI=1S/C13H15BrF2O2/c1-13(6-2-3-7-18-13)12(17)10-9(15)5-4-8(14)11(10)16/h4-5,12,17H,2-3,6-7H2,1H3. The van der Waals surface area contributed by atoms with Gasteiger partial charge in [-0.25, -0.2) is 8.78 Å². The molecule has 100 valence electrons. The first-order valence-electron chi connectivity index (χ1n) is 5.91. The maximum Gasteiger partial charge on any atom is 0.146 e. The molecule has 1 heterocycles. The third kappa shape index (κ3) is 2.44. The number of hydrogen-bond acceptors (Lipinski definition) is 2. The van der Waals surface area contributed by atoms with E-state index in [2.05, 4.69) is 15.9 Å². The van der Waals surface area contributed by atoms with Gasteiger partial charge in [-0.1, -0.05) is 0 Å². The fourth-order valence-electron chi connectivity index (χ4n) is 2.27. The number of aliphatic hydroxyl groups is 1. The topological polar surface area (TPSA) is 29.5 Å². The van der Waals surface area contributed by atoms with Gasteiger partial charge in [0.15, 0.2) is 0 Å². The van der Waals surface area contributed by atoms with E-state index < -0.39 is 23.3 Å². The Balaban J connectivity index is 2.39. The zero-order chi connectivity index (χ0) is 13.3. The summed E-state index contributed by atoms with van der Waals surface area (Å²) in [4.78, 5) is 0. The van der Waals surface area contributed by atoms with Crippen molar-refractivity contribution in [3.05, 3.63) is 33.8 Å². The van der Waals surface area contributed by atoms with Crippen molar-refractivity contribution in [2.24, 2.45) is 0 Å². The molecule has 0 saturated carbocycles. The van der Waals surface area contributed by atoms with Crippen LogP contribution in [0.2, 0.25) is 0 Å². The fourth-order valence-corrected chi connectivity index (χ4v) is 2.62. The minimum atomic E-state index is -1.31. The van der Waals surface area contributed by atoms with E-state index in [0.29, 0.717) is 13.0 Å². The molecule has 2 atom stereocenters. The van der Waals surface area contributed by atoms with E-state index in [1.165, 1.54) is 6.07 Å². The Hall–Kier alpha value is -0.520. The molecule has 0 radical (unpaired) electrons. The van der Waals surface area contributed by atoms with Gasteiger partial charge < -0.3 is 9.84 Å². The number of ether oxygens (including phenoxy) is 1. The Morgan fingerprint density at radius 2 is 2.11 bits per heavy atom. The maximum atomic E-state index is 13.9. The van der Waals surface area contributed by atoms with Crippen LogP contribution >= 0.6 is 15.9 Å². The first kappa shape index (κ1) is 13.9. The van der Waals surface area contributed by atoms with E-state index in [0.717, 1.165) is 18.9 Å². The molecule has 1 aliphatic heterocycles. The molecule has 2 rings (SSSR count). The summed E-state index contributed by atoms with van der Waals surface area (Å²) < 4.78 is 33.3. The summed E-state index contributed by atoms with van der Waals surface area (Å²) in [5.74, 6) is -1.52. The van der Waals surface area contributed by atoms with E-state index in [9.17, 15) is 13.9 Å². The van der Waals surface area contributed by atoms with Gasteiger partial charge in [-0.15, -0.1) is 0 Å². The van der Waals surface area contributed by atoms with Crippen molar-refractivity contribution < 1.29 is 18.6 Å². The van der Waals surface area contributed by atoms with Crippen LogP contribution in [0.3, 0.4) is 0 Å². The molecular weight excluding hydrogens is 306 g/mol. The summed E-state index contributed by atoms with van der Waals surface area (Å²) in [6, 6.07) is 2.42. The van der Waals surface area contributed by atoms with E-state index in [1.807, 2.05) is 0 Å². The van der Waals surface area contributed by atoms with Gasteiger partial charge in [-0.05, 0) is 54.2 Å². The van der Waals surface area contributed by atoms with Crippen molar-refractivity contribution >= 4 is 15.9 Å². The van der Waals surface area contributed by atoms with Crippen molar-refractivity contribution in [1.29, 1.82) is 0 Å². The minimum Gasteiger partial charge on any atom is -0.385 e. The summed E-state index contributed by atoms with van der Waals surface area (Å²) in [5.41, 5.74) is -1.26. The minimum absolute atomic E-state index is 0.136. The Kier molecular flexibility index (Phi) is 4.04. The fraction of sp³-hybridized carbons (Fsp3) is 0.538. The van der Waals surface area contributed by atoms with E-state index in [1.54, 1.807) is 6.92 Å². The average Bonchev–Trinajstić information content (AvgIpc) is 2.35. The van der Waals surface area contributed by atoms with E-state index >= 15 is 0 Å². The number of aliphatic hydroxyl groups excluding tert-OH is 1. The van der Waals surface area contributed by atoms with Gasteiger partial charge in [0.1, 0.15) is 17.7 Å². The Bertz CT molecular complexity index is 445.